The zero-order chi connectivity index (χ0) is 21.6. The molecule has 6 heteroatoms. The van der Waals surface area contributed by atoms with Crippen LogP contribution in [0.2, 0.25) is 0 Å². The minimum Gasteiger partial charge on any atom is -0.497 e. The van der Waals surface area contributed by atoms with Crippen molar-refractivity contribution >= 4 is 16.9 Å². The Balaban J connectivity index is 1.63. The summed E-state index contributed by atoms with van der Waals surface area (Å²) in [6, 6.07) is 15.7. The molecule has 30 heavy (non-hydrogen) atoms. The Bertz CT molecular complexity index is 989. The monoisotopic (exact) mass is 409 g/mol. The molecule has 0 saturated heterocycles. The lowest BCUT2D eigenvalue weighted by atomic mass is 9.96. The molecule has 0 radical (unpaired) electrons. The topological polar surface area (TPSA) is 65.4 Å². The molecule has 160 valence electrons. The van der Waals surface area contributed by atoms with Gasteiger partial charge in [0.1, 0.15) is 23.9 Å². The maximum absolute atomic E-state index is 12.0. The summed E-state index contributed by atoms with van der Waals surface area (Å²) in [5.41, 5.74) is 1.71. The zero-order valence-electron chi connectivity index (χ0n) is 18.3. The minimum atomic E-state index is -0.370. The molecule has 0 spiro atoms. The third-order valence-corrected chi connectivity index (χ3v) is 4.90. The highest BCUT2D eigenvalue weighted by Gasteiger charge is 2.20. The fourth-order valence-electron chi connectivity index (χ4n) is 3.23. The van der Waals surface area contributed by atoms with Gasteiger partial charge >= 0.3 is 0 Å². The number of rotatable bonds is 9. The Hall–Kier alpha value is -3.02. The molecule has 1 amide bonds. The second kappa shape index (κ2) is 9.65. The Morgan fingerprint density at radius 2 is 1.87 bits per heavy atom. The largest absolute Gasteiger partial charge is 0.497 e. The number of benzene rings is 2. The molecule has 6 nitrogen and oxygen atoms in total. The molecule has 3 aromatic rings. The maximum Gasteiger partial charge on any atom is 0.225 e. The van der Waals surface area contributed by atoms with E-state index in [-0.39, 0.29) is 11.3 Å². The molecule has 0 atom stereocenters. The predicted octanol–water partition coefficient (Wildman–Crippen LogP) is 4.22. The van der Waals surface area contributed by atoms with Crippen molar-refractivity contribution in [2.45, 2.75) is 40.2 Å². The van der Waals surface area contributed by atoms with Gasteiger partial charge in [0, 0.05) is 24.4 Å². The van der Waals surface area contributed by atoms with Crippen LogP contribution < -0.4 is 14.8 Å². The summed E-state index contributed by atoms with van der Waals surface area (Å²) in [4.78, 5) is 16.9. The summed E-state index contributed by atoms with van der Waals surface area (Å²) in [5.74, 6) is 2.64. The van der Waals surface area contributed by atoms with E-state index in [9.17, 15) is 4.79 Å². The lowest BCUT2D eigenvalue weighted by Gasteiger charge is -2.17. The number of carbonyl (C=O) groups is 1. The number of para-hydroxylation sites is 2. The molecule has 0 saturated carbocycles. The Morgan fingerprint density at radius 1 is 1.10 bits per heavy atom. The summed E-state index contributed by atoms with van der Waals surface area (Å²) in [7, 11) is 1.65. The van der Waals surface area contributed by atoms with Crippen molar-refractivity contribution in [1.82, 2.24) is 14.9 Å². The lowest BCUT2D eigenvalue weighted by molar-refractivity contribution is -0.128. The molecule has 0 aliphatic carbocycles. The molecule has 0 fully saturated rings. The molecule has 0 unspecified atom stereocenters. The molecule has 1 heterocycles. The molecular formula is C24H31N3O3. The van der Waals surface area contributed by atoms with Crippen molar-refractivity contribution in [1.29, 1.82) is 0 Å². The number of amides is 1. The molecular weight excluding hydrogens is 378 g/mol. The van der Waals surface area contributed by atoms with E-state index >= 15 is 0 Å². The van der Waals surface area contributed by atoms with Crippen LogP contribution in [-0.2, 0) is 17.8 Å². The molecule has 2 aromatic carbocycles. The van der Waals surface area contributed by atoms with Crippen LogP contribution in [0.25, 0.3) is 11.0 Å². The van der Waals surface area contributed by atoms with Gasteiger partial charge in [-0.15, -0.1) is 0 Å². The summed E-state index contributed by atoms with van der Waals surface area (Å²) in [6.45, 7) is 7.63. The van der Waals surface area contributed by atoms with Crippen LogP contribution in [0.4, 0.5) is 0 Å². The van der Waals surface area contributed by atoms with Crippen molar-refractivity contribution in [3.8, 4) is 11.5 Å². The van der Waals surface area contributed by atoms with E-state index < -0.39 is 0 Å². The first-order valence-electron chi connectivity index (χ1n) is 10.4. The van der Waals surface area contributed by atoms with E-state index in [1.54, 1.807) is 7.11 Å². The number of ether oxygens (including phenoxy) is 2. The Kier molecular flexibility index (Phi) is 6.98. The Labute approximate surface area is 178 Å². The maximum atomic E-state index is 12.0. The number of aromatic nitrogens is 2. The van der Waals surface area contributed by atoms with Gasteiger partial charge < -0.3 is 19.4 Å². The number of fused-ring (bicyclic) bond motifs is 1. The van der Waals surface area contributed by atoms with Gasteiger partial charge in [-0.1, -0.05) is 39.0 Å². The standard InChI is InChI=1S/C24H31N3O3/c1-24(2,3)23(28)25-14-8-13-22-26-20-11-5-6-12-21(20)27(22)15-16-30-19-10-7-9-18(17-19)29-4/h5-7,9-12,17H,8,13-16H2,1-4H3,(H,25,28). The summed E-state index contributed by atoms with van der Waals surface area (Å²) in [5, 5.41) is 3.01. The minimum absolute atomic E-state index is 0.0719. The van der Waals surface area contributed by atoms with Crippen LogP contribution in [0.3, 0.4) is 0 Å². The number of nitrogens with one attached hydrogen (secondary N) is 1. The van der Waals surface area contributed by atoms with Gasteiger partial charge in [-0.2, -0.15) is 0 Å². The number of imidazole rings is 1. The van der Waals surface area contributed by atoms with Crippen molar-refractivity contribution in [2.75, 3.05) is 20.3 Å². The van der Waals surface area contributed by atoms with Crippen molar-refractivity contribution in [3.05, 3.63) is 54.4 Å². The second-order valence-corrected chi connectivity index (χ2v) is 8.31. The zero-order valence-corrected chi connectivity index (χ0v) is 18.3. The average Bonchev–Trinajstić information content (AvgIpc) is 3.08. The third-order valence-electron chi connectivity index (χ3n) is 4.90. The SMILES string of the molecule is COc1cccc(OCCn2c(CCCNC(=O)C(C)(C)C)nc3ccccc32)c1. The molecule has 1 N–H and O–H groups in total. The van der Waals surface area contributed by atoms with Gasteiger partial charge in [-0.05, 0) is 30.7 Å². The van der Waals surface area contributed by atoms with Gasteiger partial charge in [-0.25, -0.2) is 4.98 Å². The number of aryl methyl sites for hydroxylation is 1. The van der Waals surface area contributed by atoms with E-state index in [2.05, 4.69) is 16.0 Å². The predicted molar refractivity (Wildman–Crippen MR) is 119 cm³/mol. The summed E-state index contributed by atoms with van der Waals surface area (Å²) < 4.78 is 13.4. The van der Waals surface area contributed by atoms with E-state index in [0.29, 0.717) is 19.7 Å². The van der Waals surface area contributed by atoms with E-state index in [1.807, 2.05) is 63.2 Å². The van der Waals surface area contributed by atoms with Crippen LogP contribution >= 0.6 is 0 Å². The number of hydrogen-bond acceptors (Lipinski definition) is 4. The number of methoxy groups -OCH3 is 1. The van der Waals surface area contributed by atoms with Crippen LogP contribution in [0, 0.1) is 5.41 Å². The van der Waals surface area contributed by atoms with Crippen LogP contribution in [0.1, 0.15) is 33.0 Å². The normalized spacial score (nSPS) is 11.5. The smallest absolute Gasteiger partial charge is 0.225 e. The highest BCUT2D eigenvalue weighted by molar-refractivity contribution is 5.81. The molecule has 0 aliphatic heterocycles. The number of nitrogens with zero attached hydrogens (tertiary/aromatic N) is 2. The third kappa shape index (κ3) is 5.53. The van der Waals surface area contributed by atoms with E-state index in [4.69, 9.17) is 14.5 Å². The summed E-state index contributed by atoms with van der Waals surface area (Å²) >= 11 is 0. The van der Waals surface area contributed by atoms with Gasteiger partial charge in [0.15, 0.2) is 0 Å². The van der Waals surface area contributed by atoms with Crippen molar-refractivity contribution < 1.29 is 14.3 Å². The average molecular weight is 410 g/mol. The highest BCUT2D eigenvalue weighted by Crippen LogP contribution is 2.20. The fraction of sp³-hybridized carbons (Fsp3) is 0.417. The fourth-order valence-corrected chi connectivity index (χ4v) is 3.23. The Morgan fingerprint density at radius 3 is 2.63 bits per heavy atom. The molecule has 3 rings (SSSR count). The number of hydrogen-bond donors (Lipinski definition) is 1. The van der Waals surface area contributed by atoms with Crippen molar-refractivity contribution in [3.63, 3.8) is 0 Å². The first kappa shape index (κ1) is 21.7. The second-order valence-electron chi connectivity index (χ2n) is 8.31. The van der Waals surface area contributed by atoms with Gasteiger partial charge in [0.05, 0.1) is 24.7 Å². The van der Waals surface area contributed by atoms with Crippen LogP contribution in [-0.4, -0.2) is 35.7 Å². The van der Waals surface area contributed by atoms with Crippen molar-refractivity contribution in [2.24, 2.45) is 5.41 Å². The first-order chi connectivity index (χ1) is 14.4. The van der Waals surface area contributed by atoms with Gasteiger partial charge in [-0.3, -0.25) is 4.79 Å². The van der Waals surface area contributed by atoms with Crippen LogP contribution in [0.15, 0.2) is 48.5 Å². The highest BCUT2D eigenvalue weighted by atomic mass is 16.5. The quantitative estimate of drug-likeness (QED) is 0.538. The molecule has 0 aliphatic rings. The first-order valence-corrected chi connectivity index (χ1v) is 10.4. The molecule has 0 bridgehead atoms. The molecule has 1 aromatic heterocycles. The summed E-state index contributed by atoms with van der Waals surface area (Å²) in [6.07, 6.45) is 1.63. The van der Waals surface area contributed by atoms with E-state index in [0.717, 1.165) is 41.2 Å². The van der Waals surface area contributed by atoms with E-state index in [1.165, 1.54) is 0 Å². The van der Waals surface area contributed by atoms with Crippen LogP contribution in [0.5, 0.6) is 11.5 Å². The van der Waals surface area contributed by atoms with Gasteiger partial charge in [0.25, 0.3) is 0 Å². The lowest BCUT2D eigenvalue weighted by Crippen LogP contribution is -2.35. The number of carbonyl (C=O) groups excluding carboxylic acids is 1. The van der Waals surface area contributed by atoms with Gasteiger partial charge in [0.2, 0.25) is 5.91 Å².